The zero-order chi connectivity index (χ0) is 8.72. The average Bonchev–Trinajstić information content (AvgIpc) is 2.30. The summed E-state index contributed by atoms with van der Waals surface area (Å²) in [5, 5.41) is 0.711. The van der Waals surface area contributed by atoms with Crippen LogP contribution in [0.2, 0.25) is 0 Å². The first-order chi connectivity index (χ1) is 5.66. The molecule has 0 radical (unpaired) electrons. The molecule has 4 heteroatoms. The molecule has 0 amide bonds. The zero-order valence-corrected chi connectivity index (χ0v) is 8.19. The van der Waals surface area contributed by atoms with Crippen molar-refractivity contribution in [1.82, 2.24) is 9.88 Å². The summed E-state index contributed by atoms with van der Waals surface area (Å²) in [5.41, 5.74) is 6.85. The lowest BCUT2D eigenvalue weighted by molar-refractivity contribution is 0.232. The fourth-order valence-corrected chi connectivity index (χ4v) is 2.43. The van der Waals surface area contributed by atoms with E-state index in [9.17, 15) is 0 Å². The molecule has 0 spiro atoms. The summed E-state index contributed by atoms with van der Waals surface area (Å²) >= 11 is 1.62. The molecule has 2 heterocycles. The molecular formula is C8H13N3S. The molecule has 0 saturated heterocycles. The first kappa shape index (κ1) is 8.01. The Morgan fingerprint density at radius 3 is 3.17 bits per heavy atom. The summed E-state index contributed by atoms with van der Waals surface area (Å²) < 4.78 is 0. The van der Waals surface area contributed by atoms with Gasteiger partial charge >= 0.3 is 0 Å². The molecule has 66 valence electrons. The molecule has 1 aromatic heterocycles. The third-order valence-electron chi connectivity index (χ3n) is 2.43. The van der Waals surface area contributed by atoms with Crippen LogP contribution in [0.4, 0.5) is 5.13 Å². The lowest BCUT2D eigenvalue weighted by Gasteiger charge is -2.28. The van der Waals surface area contributed by atoms with Crippen LogP contribution in [0.5, 0.6) is 0 Å². The van der Waals surface area contributed by atoms with E-state index in [-0.39, 0.29) is 0 Å². The number of hydrogen-bond acceptors (Lipinski definition) is 4. The van der Waals surface area contributed by atoms with E-state index in [1.54, 1.807) is 11.3 Å². The Bertz CT molecular complexity index is 267. The molecule has 3 nitrogen and oxygen atoms in total. The smallest absolute Gasteiger partial charge is 0.180 e. The van der Waals surface area contributed by atoms with Gasteiger partial charge in [-0.05, 0) is 14.0 Å². The van der Waals surface area contributed by atoms with Gasteiger partial charge in [0, 0.05) is 23.9 Å². The number of anilines is 1. The fourth-order valence-electron chi connectivity index (χ4n) is 1.50. The van der Waals surface area contributed by atoms with E-state index in [0.29, 0.717) is 11.2 Å². The maximum absolute atomic E-state index is 5.64. The van der Waals surface area contributed by atoms with Crippen molar-refractivity contribution in [2.45, 2.75) is 25.9 Å². The number of likely N-dealkylation sites (N-methyl/N-ethyl adjacent to an activating group) is 1. The van der Waals surface area contributed by atoms with Crippen molar-refractivity contribution in [3.63, 3.8) is 0 Å². The molecule has 0 aromatic carbocycles. The lowest BCUT2D eigenvalue weighted by atomic mass is 10.1. The summed E-state index contributed by atoms with van der Waals surface area (Å²) in [6, 6.07) is 0.596. The van der Waals surface area contributed by atoms with E-state index in [0.717, 1.165) is 13.0 Å². The third kappa shape index (κ3) is 1.21. The van der Waals surface area contributed by atoms with Gasteiger partial charge in [0.1, 0.15) is 0 Å². The van der Waals surface area contributed by atoms with Crippen LogP contribution >= 0.6 is 11.3 Å². The van der Waals surface area contributed by atoms with Gasteiger partial charge in [0.15, 0.2) is 5.13 Å². The van der Waals surface area contributed by atoms with Crippen molar-refractivity contribution in [1.29, 1.82) is 0 Å². The van der Waals surface area contributed by atoms with Crippen LogP contribution in [0.15, 0.2) is 0 Å². The molecule has 1 unspecified atom stereocenters. The van der Waals surface area contributed by atoms with Crippen LogP contribution in [0.25, 0.3) is 0 Å². The van der Waals surface area contributed by atoms with Gasteiger partial charge in [0.2, 0.25) is 0 Å². The van der Waals surface area contributed by atoms with E-state index in [1.165, 1.54) is 10.6 Å². The van der Waals surface area contributed by atoms with Crippen molar-refractivity contribution < 1.29 is 0 Å². The van der Waals surface area contributed by atoms with Gasteiger partial charge in [-0.1, -0.05) is 0 Å². The second kappa shape index (κ2) is 2.71. The molecule has 1 aliphatic rings. The van der Waals surface area contributed by atoms with Crippen LogP contribution in [-0.2, 0) is 13.0 Å². The van der Waals surface area contributed by atoms with Crippen LogP contribution in [0, 0.1) is 0 Å². The summed E-state index contributed by atoms with van der Waals surface area (Å²) in [5.74, 6) is 0. The molecule has 0 bridgehead atoms. The molecular weight excluding hydrogens is 170 g/mol. The highest BCUT2D eigenvalue weighted by Crippen LogP contribution is 2.27. The first-order valence-electron chi connectivity index (χ1n) is 4.11. The van der Waals surface area contributed by atoms with Crippen molar-refractivity contribution in [3.05, 3.63) is 10.6 Å². The quantitative estimate of drug-likeness (QED) is 0.655. The zero-order valence-electron chi connectivity index (χ0n) is 7.37. The van der Waals surface area contributed by atoms with Gasteiger partial charge in [-0.25, -0.2) is 4.98 Å². The van der Waals surface area contributed by atoms with Gasteiger partial charge < -0.3 is 5.73 Å². The Hall–Kier alpha value is -0.610. The molecule has 0 aliphatic carbocycles. The van der Waals surface area contributed by atoms with Crippen molar-refractivity contribution in [2.75, 3.05) is 12.8 Å². The van der Waals surface area contributed by atoms with Crippen molar-refractivity contribution >= 4 is 16.5 Å². The Kier molecular flexibility index (Phi) is 1.81. The van der Waals surface area contributed by atoms with Gasteiger partial charge in [-0.2, -0.15) is 0 Å². The van der Waals surface area contributed by atoms with E-state index < -0.39 is 0 Å². The number of nitrogen functional groups attached to an aromatic ring is 1. The van der Waals surface area contributed by atoms with Gasteiger partial charge in [-0.15, -0.1) is 11.3 Å². The first-order valence-corrected chi connectivity index (χ1v) is 4.92. The summed E-state index contributed by atoms with van der Waals surface area (Å²) in [7, 11) is 2.14. The second-order valence-corrected chi connectivity index (χ2v) is 4.51. The number of thiazole rings is 1. The van der Waals surface area contributed by atoms with Crippen molar-refractivity contribution in [2.24, 2.45) is 0 Å². The minimum Gasteiger partial charge on any atom is -0.375 e. The van der Waals surface area contributed by atoms with Crippen LogP contribution in [0.1, 0.15) is 17.5 Å². The SMILES string of the molecule is CC1Cc2nc(N)sc2CN1C. The Labute approximate surface area is 76.2 Å². The number of fused-ring (bicyclic) bond motifs is 1. The second-order valence-electron chi connectivity index (χ2n) is 3.39. The van der Waals surface area contributed by atoms with Crippen molar-refractivity contribution in [3.8, 4) is 0 Å². The van der Waals surface area contributed by atoms with Gasteiger partial charge in [-0.3, -0.25) is 4.90 Å². The van der Waals surface area contributed by atoms with Gasteiger partial charge in [0.25, 0.3) is 0 Å². The molecule has 2 rings (SSSR count). The molecule has 1 aromatic rings. The minimum absolute atomic E-state index is 0.596. The van der Waals surface area contributed by atoms with Crippen LogP contribution < -0.4 is 5.73 Å². The van der Waals surface area contributed by atoms with Crippen LogP contribution in [0.3, 0.4) is 0 Å². The van der Waals surface area contributed by atoms with E-state index in [2.05, 4.69) is 23.9 Å². The van der Waals surface area contributed by atoms with Gasteiger partial charge in [0.05, 0.1) is 5.69 Å². The number of nitrogens with zero attached hydrogens (tertiary/aromatic N) is 2. The lowest BCUT2D eigenvalue weighted by Crippen LogP contribution is -2.34. The summed E-state index contributed by atoms with van der Waals surface area (Å²) in [6.07, 6.45) is 1.04. The largest absolute Gasteiger partial charge is 0.375 e. The molecule has 0 saturated carbocycles. The van der Waals surface area contributed by atoms with E-state index in [1.807, 2.05) is 0 Å². The minimum atomic E-state index is 0.596. The standard InChI is InChI=1S/C8H13N3S/c1-5-3-6-7(4-11(5)2)12-8(9)10-6/h5H,3-4H2,1-2H3,(H2,9,10). The Balaban J connectivity index is 2.33. The fraction of sp³-hybridized carbons (Fsp3) is 0.625. The van der Waals surface area contributed by atoms with E-state index >= 15 is 0 Å². The Morgan fingerprint density at radius 2 is 2.42 bits per heavy atom. The molecule has 1 atom stereocenters. The number of rotatable bonds is 0. The normalized spacial score (nSPS) is 24.0. The maximum atomic E-state index is 5.64. The average molecular weight is 183 g/mol. The number of aromatic nitrogens is 1. The predicted molar refractivity (Wildman–Crippen MR) is 51.2 cm³/mol. The highest BCUT2D eigenvalue weighted by molar-refractivity contribution is 7.15. The molecule has 12 heavy (non-hydrogen) atoms. The predicted octanol–water partition coefficient (Wildman–Crippen LogP) is 1.10. The topological polar surface area (TPSA) is 42.1 Å². The highest BCUT2D eigenvalue weighted by atomic mass is 32.1. The Morgan fingerprint density at radius 1 is 1.67 bits per heavy atom. The van der Waals surface area contributed by atoms with Crippen LogP contribution in [-0.4, -0.2) is 23.0 Å². The number of nitrogens with two attached hydrogens (primary N) is 1. The molecule has 2 N–H and O–H groups in total. The number of hydrogen-bond donors (Lipinski definition) is 1. The maximum Gasteiger partial charge on any atom is 0.180 e. The van der Waals surface area contributed by atoms with E-state index in [4.69, 9.17) is 5.73 Å². The third-order valence-corrected chi connectivity index (χ3v) is 3.34. The molecule has 1 aliphatic heterocycles. The monoisotopic (exact) mass is 183 g/mol. The highest BCUT2D eigenvalue weighted by Gasteiger charge is 2.22. The molecule has 0 fully saturated rings. The summed E-state index contributed by atoms with van der Waals surface area (Å²) in [6.45, 7) is 3.23. The summed E-state index contributed by atoms with van der Waals surface area (Å²) in [4.78, 5) is 7.98.